The summed E-state index contributed by atoms with van der Waals surface area (Å²) in [6.07, 6.45) is -2.92. The van der Waals surface area contributed by atoms with Crippen molar-refractivity contribution in [2.75, 3.05) is 0 Å². The normalized spacial score (nSPS) is 15.0. The monoisotopic (exact) mass is 594 g/mol. The Bertz CT molecular complexity index is 1870. The number of aryl methyl sites for hydroxylation is 1. The molecule has 13 heteroatoms. The third-order valence-corrected chi connectivity index (χ3v) is 5.81. The Kier molecular flexibility index (Phi) is 8.35. The minimum atomic E-state index is -4.78. The smallest absolute Gasteiger partial charge is 0.416 e. The summed E-state index contributed by atoms with van der Waals surface area (Å²) >= 11 is 0. The second kappa shape index (κ2) is 11.9. The van der Waals surface area contributed by atoms with Crippen LogP contribution in [0.2, 0.25) is 0 Å². The highest BCUT2D eigenvalue weighted by atomic mass is 19.4. The first-order valence-corrected chi connectivity index (χ1v) is 11.8. The summed E-state index contributed by atoms with van der Waals surface area (Å²) in [5.74, 6) is -9.46. The number of nitriles is 1. The number of ether oxygens (including phenoxy) is 2. The molecule has 0 bridgehead atoms. The second-order valence-corrected chi connectivity index (χ2v) is 8.64. The number of hydrogen-bond donors (Lipinski definition) is 0. The van der Waals surface area contributed by atoms with Gasteiger partial charge in [0.25, 0.3) is 5.69 Å². The quantitative estimate of drug-likeness (QED) is 0.0977. The standard InChI is InChI=1S/C30H13F7N4O2/c1-15-6-4-8-17(10-15)43-23-12-19(20(14-38)24-25(31)27(33)29(39-2)28(34)26(24)32)22(13-21(23)41-40-3)42-18-9-5-7-16(11-18)30(35,36)37/h4-13H,1H3/b20-19+,41-21-. The van der Waals surface area contributed by atoms with Crippen LogP contribution in [-0.2, 0) is 6.18 Å². The maximum atomic E-state index is 15.1. The van der Waals surface area contributed by atoms with E-state index in [1.165, 1.54) is 12.1 Å². The fourth-order valence-corrected chi connectivity index (χ4v) is 3.90. The number of allylic oxidation sites excluding steroid dienone is 3. The highest BCUT2D eigenvalue weighted by Gasteiger charge is 2.33. The van der Waals surface area contributed by atoms with Crippen molar-refractivity contribution in [3.8, 4) is 17.6 Å². The van der Waals surface area contributed by atoms with Crippen LogP contribution < -0.4 is 9.47 Å². The van der Waals surface area contributed by atoms with Crippen molar-refractivity contribution in [2.24, 2.45) is 5.10 Å². The Hall–Kier alpha value is -5.87. The molecule has 4 rings (SSSR count). The largest absolute Gasteiger partial charge is 0.457 e. The van der Waals surface area contributed by atoms with Crippen molar-refractivity contribution in [3.63, 3.8) is 0 Å². The number of rotatable bonds is 5. The van der Waals surface area contributed by atoms with Gasteiger partial charge in [-0.1, -0.05) is 18.2 Å². The van der Waals surface area contributed by atoms with E-state index in [4.69, 9.17) is 22.6 Å². The minimum Gasteiger partial charge on any atom is -0.457 e. The number of nitrogens with zero attached hydrogens (tertiary/aromatic N) is 4. The second-order valence-electron chi connectivity index (χ2n) is 8.64. The van der Waals surface area contributed by atoms with Crippen molar-refractivity contribution in [2.45, 2.75) is 13.1 Å². The van der Waals surface area contributed by atoms with Gasteiger partial charge in [0, 0.05) is 11.6 Å². The van der Waals surface area contributed by atoms with Gasteiger partial charge in [-0.25, -0.2) is 22.4 Å². The zero-order valence-corrected chi connectivity index (χ0v) is 21.5. The van der Waals surface area contributed by atoms with E-state index in [0.29, 0.717) is 6.07 Å². The number of hydrogen-bond acceptors (Lipinski definition) is 4. The molecule has 0 saturated heterocycles. The molecule has 43 heavy (non-hydrogen) atoms. The topological polar surface area (TPSA) is 63.3 Å². The zero-order chi connectivity index (χ0) is 31.5. The average molecular weight is 594 g/mol. The molecule has 0 fully saturated rings. The molecular weight excluding hydrogens is 581 g/mol. The lowest BCUT2D eigenvalue weighted by Gasteiger charge is -2.20. The summed E-state index contributed by atoms with van der Waals surface area (Å²) in [5.41, 5.74) is -5.45. The lowest BCUT2D eigenvalue weighted by Crippen LogP contribution is -2.17. The van der Waals surface area contributed by atoms with Gasteiger partial charge >= 0.3 is 6.18 Å². The molecule has 1 aliphatic carbocycles. The molecule has 1 aliphatic rings. The lowest BCUT2D eigenvalue weighted by atomic mass is 9.93. The third kappa shape index (κ3) is 6.09. The Morgan fingerprint density at radius 3 is 2.02 bits per heavy atom. The van der Waals surface area contributed by atoms with Crippen LogP contribution in [0.15, 0.2) is 82.9 Å². The van der Waals surface area contributed by atoms with Gasteiger partial charge in [-0.05, 0) is 48.9 Å². The van der Waals surface area contributed by atoms with Crippen molar-refractivity contribution in [3.05, 3.63) is 141 Å². The molecule has 0 radical (unpaired) electrons. The lowest BCUT2D eigenvalue weighted by molar-refractivity contribution is -0.137. The summed E-state index contributed by atoms with van der Waals surface area (Å²) in [6, 6.07) is 11.3. The first kappa shape index (κ1) is 30.1. The highest BCUT2D eigenvalue weighted by Crippen LogP contribution is 2.39. The molecule has 0 heterocycles. The first-order chi connectivity index (χ1) is 20.4. The number of benzene rings is 3. The van der Waals surface area contributed by atoms with Crippen LogP contribution in [0.1, 0.15) is 16.7 Å². The van der Waals surface area contributed by atoms with Crippen LogP contribution in [0.5, 0.6) is 11.5 Å². The molecule has 0 unspecified atom stereocenters. The molecule has 0 aliphatic heterocycles. The Morgan fingerprint density at radius 1 is 0.860 bits per heavy atom. The van der Waals surface area contributed by atoms with E-state index in [9.17, 15) is 27.2 Å². The van der Waals surface area contributed by atoms with Crippen molar-refractivity contribution in [1.82, 2.24) is 0 Å². The van der Waals surface area contributed by atoms with Gasteiger partial charge in [0.05, 0.1) is 28.4 Å². The first-order valence-electron chi connectivity index (χ1n) is 11.8. The molecule has 0 saturated carbocycles. The van der Waals surface area contributed by atoms with Gasteiger partial charge in [-0.15, -0.1) is 4.95 Å². The van der Waals surface area contributed by atoms with Crippen LogP contribution in [0.4, 0.5) is 36.4 Å². The highest BCUT2D eigenvalue weighted by molar-refractivity contribution is 6.11. The van der Waals surface area contributed by atoms with Gasteiger partial charge in [-0.2, -0.15) is 25.0 Å². The van der Waals surface area contributed by atoms with Gasteiger partial charge in [0.2, 0.25) is 0 Å². The van der Waals surface area contributed by atoms with E-state index in [1.54, 1.807) is 25.1 Å². The van der Waals surface area contributed by atoms with Gasteiger partial charge in [-0.3, -0.25) is 0 Å². The van der Waals surface area contributed by atoms with Crippen LogP contribution >= 0.6 is 0 Å². The maximum Gasteiger partial charge on any atom is 0.416 e. The van der Waals surface area contributed by atoms with Crippen LogP contribution in [0.25, 0.3) is 15.4 Å². The predicted molar refractivity (Wildman–Crippen MR) is 139 cm³/mol. The van der Waals surface area contributed by atoms with E-state index in [2.05, 4.69) is 14.9 Å². The summed E-state index contributed by atoms with van der Waals surface area (Å²) in [6.45, 7) is 15.7. The van der Waals surface area contributed by atoms with Gasteiger partial charge < -0.3 is 9.47 Å². The molecule has 3 aromatic rings. The van der Waals surface area contributed by atoms with E-state index >= 15 is 8.78 Å². The molecule has 3 aromatic carbocycles. The molecule has 0 atom stereocenters. The Labute approximate surface area is 239 Å². The van der Waals surface area contributed by atoms with Crippen LogP contribution in [-0.4, -0.2) is 5.71 Å². The van der Waals surface area contributed by atoms with Crippen molar-refractivity contribution in [1.29, 1.82) is 5.26 Å². The minimum absolute atomic E-state index is 0.188. The fraction of sp³-hybridized carbons (Fsp3) is 0.0667. The molecular formula is C30H13F7N4O2. The Balaban J connectivity index is 2.02. The molecule has 0 amide bonds. The predicted octanol–water partition coefficient (Wildman–Crippen LogP) is 8.61. The third-order valence-electron chi connectivity index (χ3n) is 5.81. The molecule has 6 nitrogen and oxygen atoms in total. The number of alkyl halides is 3. The maximum absolute atomic E-state index is 15.1. The summed E-state index contributed by atoms with van der Waals surface area (Å²) in [4.78, 5) is 5.36. The van der Waals surface area contributed by atoms with Crippen molar-refractivity contribution < 1.29 is 40.2 Å². The average Bonchev–Trinajstić information content (AvgIpc) is 2.96. The van der Waals surface area contributed by atoms with Gasteiger partial charge in [0.1, 0.15) is 23.3 Å². The van der Waals surface area contributed by atoms with Crippen molar-refractivity contribution >= 4 is 17.0 Å². The summed E-state index contributed by atoms with van der Waals surface area (Å²) in [5, 5.41) is 13.6. The summed E-state index contributed by atoms with van der Waals surface area (Å²) in [7, 11) is 0. The van der Waals surface area contributed by atoms with E-state index < -0.39 is 68.9 Å². The molecule has 0 spiro atoms. The molecule has 0 aromatic heterocycles. The molecule has 0 N–H and O–H groups in total. The van der Waals surface area contributed by atoms with E-state index in [0.717, 1.165) is 35.9 Å². The van der Waals surface area contributed by atoms with E-state index in [1.807, 2.05) is 0 Å². The Morgan fingerprint density at radius 2 is 1.47 bits per heavy atom. The van der Waals surface area contributed by atoms with Gasteiger partial charge in [0.15, 0.2) is 34.7 Å². The fourth-order valence-electron chi connectivity index (χ4n) is 3.90. The zero-order valence-electron chi connectivity index (χ0n) is 21.5. The summed E-state index contributed by atoms with van der Waals surface area (Å²) < 4.78 is 111. The van der Waals surface area contributed by atoms with E-state index in [-0.39, 0.29) is 17.2 Å². The van der Waals surface area contributed by atoms with Crippen LogP contribution in [0.3, 0.4) is 0 Å². The number of halogens is 7. The van der Waals surface area contributed by atoms with Crippen LogP contribution in [0, 0.1) is 54.7 Å². The SMILES string of the molecule is [C-]#[N+]/N=C1C=C(Oc2cccc(C(F)(F)F)c2)/C(=C(\C#N)c2c(F)c(F)c([N+]#[C-])c(F)c2F)C=C/1Oc1cccc(C)c1. The molecule has 214 valence electrons.